The Bertz CT molecular complexity index is 686. The number of rotatable bonds is 5. The van der Waals surface area contributed by atoms with Crippen molar-refractivity contribution in [1.29, 1.82) is 0 Å². The molecule has 120 valence electrons. The fourth-order valence-electron chi connectivity index (χ4n) is 2.00. The summed E-state index contributed by atoms with van der Waals surface area (Å²) in [5.74, 6) is -0.693. The number of carbonyl (C=O) groups excluding carboxylic acids is 2. The SMILES string of the molecule is COCc1cccc(C(=O)NNC(=O)Cc2ccc(Cl)cc2)c1. The van der Waals surface area contributed by atoms with Crippen molar-refractivity contribution in [3.8, 4) is 0 Å². The lowest BCUT2D eigenvalue weighted by Crippen LogP contribution is -2.42. The van der Waals surface area contributed by atoms with Gasteiger partial charge in [-0.15, -0.1) is 0 Å². The maximum Gasteiger partial charge on any atom is 0.269 e. The highest BCUT2D eigenvalue weighted by molar-refractivity contribution is 6.30. The summed E-state index contributed by atoms with van der Waals surface area (Å²) in [5.41, 5.74) is 6.93. The summed E-state index contributed by atoms with van der Waals surface area (Å²) < 4.78 is 5.02. The zero-order valence-electron chi connectivity index (χ0n) is 12.6. The average molecular weight is 333 g/mol. The fourth-order valence-corrected chi connectivity index (χ4v) is 2.13. The number of hydrogen-bond acceptors (Lipinski definition) is 3. The second-order valence-corrected chi connectivity index (χ2v) is 5.38. The molecular formula is C17H17ClN2O3. The Hall–Kier alpha value is -2.37. The summed E-state index contributed by atoms with van der Waals surface area (Å²) in [5, 5.41) is 0.610. The minimum atomic E-state index is -0.382. The Kier molecular flexibility index (Phi) is 6.14. The fraction of sp³-hybridized carbons (Fsp3) is 0.176. The molecule has 0 unspecified atom stereocenters. The van der Waals surface area contributed by atoms with Crippen LogP contribution in [0.15, 0.2) is 48.5 Å². The highest BCUT2D eigenvalue weighted by atomic mass is 35.5. The van der Waals surface area contributed by atoms with Crippen molar-refractivity contribution in [2.45, 2.75) is 13.0 Å². The molecule has 23 heavy (non-hydrogen) atoms. The standard InChI is InChI=1S/C17H17ClN2O3/c1-23-11-13-3-2-4-14(9-13)17(22)20-19-16(21)10-12-5-7-15(18)8-6-12/h2-9H,10-11H2,1H3,(H,19,21)(H,20,22). The molecular weight excluding hydrogens is 316 g/mol. The lowest BCUT2D eigenvalue weighted by molar-refractivity contribution is -0.121. The van der Waals surface area contributed by atoms with Gasteiger partial charge in [0.2, 0.25) is 5.91 Å². The highest BCUT2D eigenvalue weighted by Crippen LogP contribution is 2.10. The van der Waals surface area contributed by atoms with Crippen LogP contribution in [-0.4, -0.2) is 18.9 Å². The third-order valence-electron chi connectivity index (χ3n) is 3.09. The van der Waals surface area contributed by atoms with Crippen molar-refractivity contribution in [3.05, 3.63) is 70.2 Å². The van der Waals surface area contributed by atoms with Crippen molar-refractivity contribution in [1.82, 2.24) is 10.9 Å². The van der Waals surface area contributed by atoms with Gasteiger partial charge in [0.25, 0.3) is 5.91 Å². The van der Waals surface area contributed by atoms with Gasteiger partial charge < -0.3 is 4.74 Å². The number of halogens is 1. The van der Waals surface area contributed by atoms with E-state index >= 15 is 0 Å². The topological polar surface area (TPSA) is 67.4 Å². The molecule has 0 spiro atoms. The first-order chi connectivity index (χ1) is 11.1. The molecule has 0 aromatic heterocycles. The lowest BCUT2D eigenvalue weighted by Gasteiger charge is -2.08. The van der Waals surface area contributed by atoms with Gasteiger partial charge in [-0.1, -0.05) is 35.9 Å². The number of amides is 2. The van der Waals surface area contributed by atoms with Crippen LogP contribution in [0.3, 0.4) is 0 Å². The number of ether oxygens (including phenoxy) is 1. The molecule has 6 heteroatoms. The van der Waals surface area contributed by atoms with E-state index in [2.05, 4.69) is 10.9 Å². The zero-order valence-corrected chi connectivity index (χ0v) is 13.4. The van der Waals surface area contributed by atoms with E-state index in [9.17, 15) is 9.59 Å². The second-order valence-electron chi connectivity index (χ2n) is 4.94. The summed E-state index contributed by atoms with van der Waals surface area (Å²) in [6.45, 7) is 0.421. The van der Waals surface area contributed by atoms with Gasteiger partial charge >= 0.3 is 0 Å². The van der Waals surface area contributed by atoms with E-state index in [4.69, 9.17) is 16.3 Å². The Morgan fingerprint density at radius 2 is 1.78 bits per heavy atom. The maximum absolute atomic E-state index is 12.0. The predicted octanol–water partition coefficient (Wildman–Crippen LogP) is 2.49. The van der Waals surface area contributed by atoms with Gasteiger partial charge in [0.1, 0.15) is 0 Å². The molecule has 0 radical (unpaired) electrons. The Labute approximate surface area is 139 Å². The molecule has 0 aliphatic heterocycles. The van der Waals surface area contributed by atoms with Crippen LogP contribution >= 0.6 is 11.6 Å². The van der Waals surface area contributed by atoms with Gasteiger partial charge in [0.05, 0.1) is 13.0 Å². The normalized spacial score (nSPS) is 10.2. The first-order valence-corrected chi connectivity index (χ1v) is 7.38. The molecule has 2 N–H and O–H groups in total. The summed E-state index contributed by atoms with van der Waals surface area (Å²) in [6.07, 6.45) is 0.154. The Morgan fingerprint density at radius 1 is 1.04 bits per heavy atom. The highest BCUT2D eigenvalue weighted by Gasteiger charge is 2.08. The van der Waals surface area contributed by atoms with Gasteiger partial charge in [-0.25, -0.2) is 0 Å². The van der Waals surface area contributed by atoms with Gasteiger partial charge in [-0.05, 0) is 35.4 Å². The molecule has 0 heterocycles. The van der Waals surface area contributed by atoms with E-state index in [1.807, 2.05) is 6.07 Å². The third-order valence-corrected chi connectivity index (χ3v) is 3.35. The monoisotopic (exact) mass is 332 g/mol. The van der Waals surface area contributed by atoms with E-state index < -0.39 is 0 Å². The van der Waals surface area contributed by atoms with E-state index in [0.29, 0.717) is 17.2 Å². The average Bonchev–Trinajstić information content (AvgIpc) is 2.55. The maximum atomic E-state index is 12.0. The number of nitrogens with one attached hydrogen (secondary N) is 2. The van der Waals surface area contributed by atoms with Crippen molar-refractivity contribution in [2.75, 3.05) is 7.11 Å². The molecule has 0 saturated heterocycles. The quantitative estimate of drug-likeness (QED) is 0.827. The summed E-state index contributed by atoms with van der Waals surface area (Å²) in [4.78, 5) is 23.8. The molecule has 0 atom stereocenters. The summed E-state index contributed by atoms with van der Waals surface area (Å²) in [6, 6.07) is 14.0. The number of hydrazine groups is 1. The van der Waals surface area contributed by atoms with Crippen LogP contribution in [0.1, 0.15) is 21.5 Å². The van der Waals surface area contributed by atoms with Gasteiger partial charge in [-0.2, -0.15) is 0 Å². The van der Waals surface area contributed by atoms with Gasteiger partial charge in [-0.3, -0.25) is 20.4 Å². The Morgan fingerprint density at radius 3 is 2.48 bits per heavy atom. The molecule has 2 aromatic rings. The number of hydrogen-bond donors (Lipinski definition) is 2. The van der Waals surface area contributed by atoms with Crippen LogP contribution in [0, 0.1) is 0 Å². The lowest BCUT2D eigenvalue weighted by atomic mass is 10.1. The largest absolute Gasteiger partial charge is 0.380 e. The van der Waals surface area contributed by atoms with E-state index in [1.54, 1.807) is 49.6 Å². The number of carbonyl (C=O) groups is 2. The minimum absolute atomic E-state index is 0.154. The zero-order chi connectivity index (χ0) is 16.7. The summed E-state index contributed by atoms with van der Waals surface area (Å²) >= 11 is 5.79. The second kappa shape index (κ2) is 8.31. The molecule has 0 saturated carbocycles. The Balaban J connectivity index is 1.87. The first-order valence-electron chi connectivity index (χ1n) is 7.00. The van der Waals surface area contributed by atoms with Crippen molar-refractivity contribution < 1.29 is 14.3 Å². The van der Waals surface area contributed by atoms with Crippen LogP contribution in [0.4, 0.5) is 0 Å². The molecule has 0 aliphatic rings. The van der Waals surface area contributed by atoms with E-state index in [1.165, 1.54) is 0 Å². The molecule has 2 aromatic carbocycles. The van der Waals surface area contributed by atoms with Crippen molar-refractivity contribution in [2.24, 2.45) is 0 Å². The molecule has 2 rings (SSSR count). The van der Waals surface area contributed by atoms with E-state index in [0.717, 1.165) is 11.1 Å². The van der Waals surface area contributed by atoms with Gasteiger partial charge in [0, 0.05) is 17.7 Å². The smallest absolute Gasteiger partial charge is 0.269 e. The number of benzene rings is 2. The van der Waals surface area contributed by atoms with Crippen molar-refractivity contribution >= 4 is 23.4 Å². The van der Waals surface area contributed by atoms with Crippen LogP contribution < -0.4 is 10.9 Å². The first kappa shape index (κ1) is 17.0. The van der Waals surface area contributed by atoms with Gasteiger partial charge in [0.15, 0.2) is 0 Å². The van der Waals surface area contributed by atoms with Crippen molar-refractivity contribution in [3.63, 3.8) is 0 Å². The minimum Gasteiger partial charge on any atom is -0.380 e. The van der Waals surface area contributed by atoms with Crippen LogP contribution in [0.25, 0.3) is 0 Å². The van der Waals surface area contributed by atoms with Crippen LogP contribution in [-0.2, 0) is 22.6 Å². The molecule has 5 nitrogen and oxygen atoms in total. The molecule has 0 fully saturated rings. The number of methoxy groups -OCH3 is 1. The predicted molar refractivity (Wildman–Crippen MR) is 87.9 cm³/mol. The molecule has 2 amide bonds. The van der Waals surface area contributed by atoms with Crippen LogP contribution in [0.5, 0.6) is 0 Å². The molecule has 0 aliphatic carbocycles. The van der Waals surface area contributed by atoms with Crippen LogP contribution in [0.2, 0.25) is 5.02 Å². The molecule has 0 bridgehead atoms. The van der Waals surface area contributed by atoms with E-state index in [-0.39, 0.29) is 18.2 Å². The summed E-state index contributed by atoms with van der Waals surface area (Å²) in [7, 11) is 1.59. The third kappa shape index (κ3) is 5.39.